The molecule has 0 atom stereocenters. The normalized spacial score (nSPS) is 10.8. The molecule has 0 aliphatic heterocycles. The number of amides is 1. The number of aromatic nitrogens is 2. The molecule has 1 amide bonds. The number of nitrogens with one attached hydrogen (secondary N) is 1. The zero-order valence-corrected chi connectivity index (χ0v) is 14.2. The van der Waals surface area contributed by atoms with Crippen LogP contribution in [0.2, 0.25) is 0 Å². The Morgan fingerprint density at radius 1 is 1.25 bits per heavy atom. The van der Waals surface area contributed by atoms with Crippen molar-refractivity contribution in [2.24, 2.45) is 0 Å². The van der Waals surface area contributed by atoms with Gasteiger partial charge in [0.25, 0.3) is 0 Å². The Bertz CT molecular complexity index is 791. The fourth-order valence-electron chi connectivity index (χ4n) is 2.23. The first-order chi connectivity index (χ1) is 11.6. The topological polar surface area (TPSA) is 81.2 Å². The van der Waals surface area contributed by atoms with Gasteiger partial charge in [-0.25, -0.2) is 4.98 Å². The molecule has 6 nitrogen and oxygen atoms in total. The van der Waals surface area contributed by atoms with Gasteiger partial charge >= 0.3 is 0 Å². The van der Waals surface area contributed by atoms with Gasteiger partial charge in [-0.15, -0.1) is 11.8 Å². The van der Waals surface area contributed by atoms with E-state index in [-0.39, 0.29) is 5.91 Å². The number of oxazole rings is 1. The van der Waals surface area contributed by atoms with Gasteiger partial charge in [0.15, 0.2) is 12.2 Å². The molecule has 0 spiro atoms. The van der Waals surface area contributed by atoms with Crippen molar-refractivity contribution in [3.63, 3.8) is 0 Å². The van der Waals surface area contributed by atoms with Crippen molar-refractivity contribution in [2.75, 3.05) is 11.1 Å². The summed E-state index contributed by atoms with van der Waals surface area (Å²) in [6, 6.07) is 7.45. The fourth-order valence-corrected chi connectivity index (χ4v) is 3.20. The monoisotopic (exact) mass is 343 g/mol. The maximum absolute atomic E-state index is 12.0. The van der Waals surface area contributed by atoms with Crippen LogP contribution in [0.3, 0.4) is 0 Å². The molecule has 0 aliphatic rings. The molecule has 0 radical (unpaired) electrons. The predicted molar refractivity (Wildman–Crippen MR) is 92.7 cm³/mol. The van der Waals surface area contributed by atoms with Crippen molar-refractivity contribution in [1.82, 2.24) is 10.1 Å². The smallest absolute Gasteiger partial charge is 0.234 e. The van der Waals surface area contributed by atoms with Crippen LogP contribution in [0.25, 0.3) is 11.3 Å². The highest BCUT2D eigenvalue weighted by molar-refractivity contribution is 7.99. The van der Waals surface area contributed by atoms with E-state index < -0.39 is 0 Å². The molecule has 2 aromatic heterocycles. The van der Waals surface area contributed by atoms with E-state index in [1.54, 1.807) is 6.20 Å². The molecule has 124 valence electrons. The van der Waals surface area contributed by atoms with Crippen molar-refractivity contribution in [3.8, 4) is 11.3 Å². The lowest BCUT2D eigenvalue weighted by molar-refractivity contribution is -0.113. The van der Waals surface area contributed by atoms with Gasteiger partial charge in [-0.3, -0.25) is 4.79 Å². The number of anilines is 1. The first kappa shape index (κ1) is 16.3. The van der Waals surface area contributed by atoms with Gasteiger partial charge < -0.3 is 14.3 Å². The van der Waals surface area contributed by atoms with Crippen LogP contribution < -0.4 is 5.32 Å². The zero-order chi connectivity index (χ0) is 16.9. The molecule has 1 N–H and O–H groups in total. The SMILES string of the molecule is Cc1noc(C)c1CSCC(=O)Nc1ccc(-c2cnco2)cc1. The first-order valence-corrected chi connectivity index (χ1v) is 8.57. The number of aryl methyl sites for hydroxylation is 2. The summed E-state index contributed by atoms with van der Waals surface area (Å²) in [5.74, 6) is 2.54. The fraction of sp³-hybridized carbons (Fsp3) is 0.235. The van der Waals surface area contributed by atoms with Crippen molar-refractivity contribution in [2.45, 2.75) is 19.6 Å². The molecule has 0 saturated heterocycles. The van der Waals surface area contributed by atoms with Crippen LogP contribution in [0.1, 0.15) is 17.0 Å². The Hall–Kier alpha value is -2.54. The summed E-state index contributed by atoms with van der Waals surface area (Å²) in [5.41, 5.74) is 3.60. The molecule has 3 aromatic rings. The first-order valence-electron chi connectivity index (χ1n) is 7.42. The average molecular weight is 343 g/mol. The minimum atomic E-state index is -0.0424. The number of rotatable bonds is 6. The Labute approximate surface area is 143 Å². The molecule has 0 aliphatic carbocycles. The number of hydrogen-bond donors (Lipinski definition) is 1. The van der Waals surface area contributed by atoms with E-state index in [0.29, 0.717) is 17.3 Å². The Morgan fingerprint density at radius 3 is 2.67 bits per heavy atom. The third-order valence-electron chi connectivity index (χ3n) is 3.55. The second-order valence-corrected chi connectivity index (χ2v) is 6.27. The van der Waals surface area contributed by atoms with Gasteiger partial charge in [0, 0.05) is 22.6 Å². The van der Waals surface area contributed by atoms with E-state index in [0.717, 1.165) is 28.3 Å². The highest BCUT2D eigenvalue weighted by Crippen LogP contribution is 2.22. The highest BCUT2D eigenvalue weighted by atomic mass is 32.2. The second kappa shape index (κ2) is 7.35. The van der Waals surface area contributed by atoms with Crippen molar-refractivity contribution in [3.05, 3.63) is 53.9 Å². The van der Waals surface area contributed by atoms with Crippen LogP contribution >= 0.6 is 11.8 Å². The van der Waals surface area contributed by atoms with E-state index in [2.05, 4.69) is 15.5 Å². The van der Waals surface area contributed by atoms with Crippen molar-refractivity contribution >= 4 is 23.4 Å². The van der Waals surface area contributed by atoms with Gasteiger partial charge in [0.2, 0.25) is 5.91 Å². The number of benzene rings is 1. The molecule has 3 rings (SSSR count). The number of thioether (sulfide) groups is 1. The summed E-state index contributed by atoms with van der Waals surface area (Å²) in [4.78, 5) is 15.9. The molecule has 0 saturated carbocycles. The number of hydrogen-bond acceptors (Lipinski definition) is 6. The third-order valence-corrected chi connectivity index (χ3v) is 4.51. The van der Waals surface area contributed by atoms with Crippen LogP contribution in [-0.2, 0) is 10.5 Å². The molecule has 7 heteroatoms. The Kier molecular flexibility index (Phi) is 5.00. The van der Waals surface area contributed by atoms with Gasteiger partial charge in [-0.05, 0) is 38.1 Å². The number of nitrogens with zero attached hydrogens (tertiary/aromatic N) is 2. The minimum absolute atomic E-state index is 0.0424. The molecule has 0 bridgehead atoms. The van der Waals surface area contributed by atoms with Crippen molar-refractivity contribution < 1.29 is 13.7 Å². The van der Waals surface area contributed by atoms with E-state index in [4.69, 9.17) is 8.94 Å². The van der Waals surface area contributed by atoms with Crippen LogP contribution in [0.5, 0.6) is 0 Å². The third kappa shape index (κ3) is 3.86. The summed E-state index contributed by atoms with van der Waals surface area (Å²) in [6.45, 7) is 3.79. The highest BCUT2D eigenvalue weighted by Gasteiger charge is 2.10. The van der Waals surface area contributed by atoms with Crippen LogP contribution in [-0.4, -0.2) is 21.8 Å². The molecule has 1 aromatic carbocycles. The number of carbonyl (C=O) groups excluding carboxylic acids is 1. The lowest BCUT2D eigenvalue weighted by atomic mass is 10.2. The lowest BCUT2D eigenvalue weighted by Crippen LogP contribution is -2.14. The maximum Gasteiger partial charge on any atom is 0.234 e. The lowest BCUT2D eigenvalue weighted by Gasteiger charge is -2.06. The zero-order valence-electron chi connectivity index (χ0n) is 13.4. The maximum atomic E-state index is 12.0. The van der Waals surface area contributed by atoms with Crippen molar-refractivity contribution in [1.29, 1.82) is 0 Å². The summed E-state index contributed by atoms with van der Waals surface area (Å²) in [6.07, 6.45) is 3.04. The Morgan fingerprint density at radius 2 is 2.04 bits per heavy atom. The summed E-state index contributed by atoms with van der Waals surface area (Å²) < 4.78 is 10.3. The largest absolute Gasteiger partial charge is 0.444 e. The van der Waals surface area contributed by atoms with Crippen LogP contribution in [0, 0.1) is 13.8 Å². The average Bonchev–Trinajstić information content (AvgIpc) is 3.21. The predicted octanol–water partition coefficient (Wildman–Crippen LogP) is 3.82. The van der Waals surface area contributed by atoms with Crippen LogP contribution in [0.4, 0.5) is 5.69 Å². The van der Waals surface area contributed by atoms with Gasteiger partial charge in [0.1, 0.15) is 5.76 Å². The summed E-state index contributed by atoms with van der Waals surface area (Å²) in [7, 11) is 0. The standard InChI is InChI=1S/C17H17N3O3S/c1-11-15(12(2)23-20-11)8-24-9-17(21)19-14-5-3-13(4-6-14)16-7-18-10-22-16/h3-7,10H,8-9H2,1-2H3,(H,19,21). The van der Waals surface area contributed by atoms with Crippen LogP contribution in [0.15, 0.2) is 45.8 Å². The van der Waals surface area contributed by atoms with E-state index >= 15 is 0 Å². The molecular weight excluding hydrogens is 326 g/mol. The second-order valence-electron chi connectivity index (χ2n) is 5.29. The van der Waals surface area contributed by atoms with Gasteiger partial charge in [-0.2, -0.15) is 0 Å². The summed E-state index contributed by atoms with van der Waals surface area (Å²) >= 11 is 1.53. The quantitative estimate of drug-likeness (QED) is 0.733. The molecule has 0 fully saturated rings. The van der Waals surface area contributed by atoms with E-state index in [9.17, 15) is 4.79 Å². The summed E-state index contributed by atoms with van der Waals surface area (Å²) in [5, 5.41) is 6.79. The van der Waals surface area contributed by atoms with Gasteiger partial charge in [-0.1, -0.05) is 5.16 Å². The minimum Gasteiger partial charge on any atom is -0.444 e. The molecular formula is C17H17N3O3S. The Balaban J connectivity index is 1.50. The van der Waals surface area contributed by atoms with Gasteiger partial charge in [0.05, 0.1) is 17.6 Å². The number of carbonyl (C=O) groups is 1. The van der Waals surface area contributed by atoms with E-state index in [1.165, 1.54) is 18.2 Å². The molecule has 2 heterocycles. The van der Waals surface area contributed by atoms with E-state index in [1.807, 2.05) is 38.1 Å². The molecule has 24 heavy (non-hydrogen) atoms. The molecule has 0 unspecified atom stereocenters.